The Morgan fingerprint density at radius 3 is 2.50 bits per heavy atom. The monoisotopic (exact) mass is 411 g/mol. The summed E-state index contributed by atoms with van der Waals surface area (Å²) in [6, 6.07) is 5.92. The SMILES string of the molecule is Bc1c(B)c(B)c(C(=O)Nc2ncc3ccc(-c4cncn4C)cc3n2)c(Cl)c1B. The number of carbonyl (C=O) groups excluding carboxylic acids is 1. The first kappa shape index (κ1) is 20.3. The maximum absolute atomic E-state index is 13.0. The van der Waals surface area contributed by atoms with E-state index < -0.39 is 0 Å². The summed E-state index contributed by atoms with van der Waals surface area (Å²) >= 11 is 6.51. The van der Waals surface area contributed by atoms with Crippen LogP contribution >= 0.6 is 11.6 Å². The Morgan fingerprint density at radius 2 is 1.80 bits per heavy atom. The van der Waals surface area contributed by atoms with Crippen LogP contribution in [0.3, 0.4) is 0 Å². The van der Waals surface area contributed by atoms with Crippen LogP contribution in [0.2, 0.25) is 5.02 Å². The molecule has 4 rings (SSSR count). The van der Waals surface area contributed by atoms with Crippen LogP contribution in [-0.2, 0) is 7.05 Å². The van der Waals surface area contributed by atoms with Crippen LogP contribution in [0.5, 0.6) is 0 Å². The molecule has 1 amide bonds. The van der Waals surface area contributed by atoms with Crippen molar-refractivity contribution in [2.24, 2.45) is 7.05 Å². The normalized spacial score (nSPS) is 11.0. The molecule has 0 saturated heterocycles. The van der Waals surface area contributed by atoms with Crippen molar-refractivity contribution in [2.75, 3.05) is 5.32 Å². The van der Waals surface area contributed by atoms with Crippen molar-refractivity contribution in [3.8, 4) is 11.3 Å². The third-order valence-corrected chi connectivity index (χ3v) is 6.23. The Hall–Kier alpha value is -2.99. The van der Waals surface area contributed by atoms with Gasteiger partial charge in [-0.05, 0) is 6.07 Å². The summed E-state index contributed by atoms with van der Waals surface area (Å²) in [7, 11) is 9.78. The number of hydrogen-bond donors (Lipinski definition) is 1. The van der Waals surface area contributed by atoms with Gasteiger partial charge in [0.05, 0.1) is 29.3 Å². The molecule has 0 aliphatic carbocycles. The molecule has 0 aliphatic rings. The van der Waals surface area contributed by atoms with E-state index in [0.717, 1.165) is 44.0 Å². The lowest BCUT2D eigenvalue weighted by Gasteiger charge is -2.17. The van der Waals surface area contributed by atoms with E-state index in [2.05, 4.69) is 20.3 Å². The second-order valence-corrected chi connectivity index (χ2v) is 7.88. The zero-order valence-corrected chi connectivity index (χ0v) is 18.3. The number of halogens is 1. The molecule has 0 bridgehead atoms. The van der Waals surface area contributed by atoms with E-state index in [4.69, 9.17) is 11.6 Å². The summed E-state index contributed by atoms with van der Waals surface area (Å²) < 4.78 is 1.94. The lowest BCUT2D eigenvalue weighted by molar-refractivity contribution is 0.102. The molecule has 2 aromatic carbocycles. The zero-order chi connectivity index (χ0) is 21.6. The summed E-state index contributed by atoms with van der Waals surface area (Å²) in [6.07, 6.45) is 5.26. The predicted molar refractivity (Wildman–Crippen MR) is 134 cm³/mol. The number of aromatic nitrogens is 4. The van der Waals surface area contributed by atoms with Crippen molar-refractivity contribution in [1.29, 1.82) is 0 Å². The molecular formula is C19H18B4ClN5O. The number of amides is 1. The first-order valence-electron chi connectivity index (χ1n) is 9.58. The molecule has 144 valence electrons. The summed E-state index contributed by atoms with van der Waals surface area (Å²) in [5, 5.41) is 4.16. The standard InChI is InChI=1S/C19H18B4ClN5O/c1-29-7-25-6-11(29)8-2-3-9-5-26-19(27-10(9)4-8)28-18(30)12-13(20)14(21)15(22)16(23)17(12)24/h2-7H,20-23H2,1H3,(H,26,27,28,30). The van der Waals surface area contributed by atoms with Crippen molar-refractivity contribution in [3.63, 3.8) is 0 Å². The maximum atomic E-state index is 13.0. The van der Waals surface area contributed by atoms with Crippen LogP contribution < -0.4 is 27.2 Å². The molecule has 2 heterocycles. The summed E-state index contributed by atoms with van der Waals surface area (Å²) in [5.74, 6) is -0.0770. The van der Waals surface area contributed by atoms with Gasteiger partial charge in [0.1, 0.15) is 31.4 Å². The predicted octanol–water partition coefficient (Wildman–Crippen LogP) is -3.03. The van der Waals surface area contributed by atoms with E-state index in [0.29, 0.717) is 10.6 Å². The molecule has 0 fully saturated rings. The summed E-state index contributed by atoms with van der Waals surface area (Å²) in [6.45, 7) is 0. The van der Waals surface area contributed by atoms with Crippen LogP contribution in [0.15, 0.2) is 36.9 Å². The minimum atomic E-state index is -0.314. The number of imidazole rings is 1. The minimum Gasteiger partial charge on any atom is -0.334 e. The molecule has 1 N–H and O–H groups in total. The van der Waals surface area contributed by atoms with Crippen molar-refractivity contribution >= 4 is 87.6 Å². The topological polar surface area (TPSA) is 72.7 Å². The number of anilines is 1. The van der Waals surface area contributed by atoms with Gasteiger partial charge < -0.3 is 4.57 Å². The molecule has 0 unspecified atom stereocenters. The number of nitrogens with zero attached hydrogens (tertiary/aromatic N) is 4. The van der Waals surface area contributed by atoms with Gasteiger partial charge in [0.25, 0.3) is 5.91 Å². The Morgan fingerprint density at radius 1 is 1.07 bits per heavy atom. The molecule has 0 atom stereocenters. The molecule has 0 radical (unpaired) electrons. The fourth-order valence-electron chi connectivity index (χ4n) is 3.58. The van der Waals surface area contributed by atoms with Gasteiger partial charge in [0.15, 0.2) is 0 Å². The van der Waals surface area contributed by atoms with Crippen LogP contribution in [0.4, 0.5) is 5.95 Å². The lowest BCUT2D eigenvalue weighted by atomic mass is 9.65. The number of aryl methyl sites for hydroxylation is 1. The highest BCUT2D eigenvalue weighted by atomic mass is 35.5. The maximum Gasteiger partial charge on any atom is 0.258 e. The highest BCUT2D eigenvalue weighted by molar-refractivity contribution is 6.66. The third kappa shape index (κ3) is 3.41. The van der Waals surface area contributed by atoms with Gasteiger partial charge in [-0.1, -0.05) is 34.7 Å². The van der Waals surface area contributed by atoms with E-state index in [1.807, 2.05) is 61.2 Å². The molecule has 0 saturated carbocycles. The van der Waals surface area contributed by atoms with Crippen molar-refractivity contribution in [1.82, 2.24) is 19.5 Å². The lowest BCUT2D eigenvalue weighted by Crippen LogP contribution is -2.50. The van der Waals surface area contributed by atoms with Gasteiger partial charge in [-0.3, -0.25) is 10.1 Å². The molecule has 4 aromatic rings. The quantitative estimate of drug-likeness (QED) is 0.365. The van der Waals surface area contributed by atoms with Gasteiger partial charge in [-0.15, -0.1) is 10.9 Å². The molecule has 0 aliphatic heterocycles. The molecule has 2 aromatic heterocycles. The third-order valence-electron chi connectivity index (χ3n) is 5.76. The first-order chi connectivity index (χ1) is 14.3. The van der Waals surface area contributed by atoms with Crippen LogP contribution in [0, 0.1) is 0 Å². The molecule has 30 heavy (non-hydrogen) atoms. The smallest absolute Gasteiger partial charge is 0.258 e. The molecule has 6 nitrogen and oxygen atoms in total. The van der Waals surface area contributed by atoms with E-state index in [-0.39, 0.29) is 11.9 Å². The Kier molecular flexibility index (Phi) is 5.20. The number of fused-ring (bicyclic) bond motifs is 1. The van der Waals surface area contributed by atoms with Gasteiger partial charge in [0.2, 0.25) is 5.95 Å². The molecule has 0 spiro atoms. The zero-order valence-electron chi connectivity index (χ0n) is 17.5. The largest absolute Gasteiger partial charge is 0.334 e. The number of hydrogen-bond acceptors (Lipinski definition) is 4. The fourth-order valence-corrected chi connectivity index (χ4v) is 3.95. The number of rotatable bonds is 3. The summed E-state index contributed by atoms with van der Waals surface area (Å²) in [4.78, 5) is 26.0. The van der Waals surface area contributed by atoms with Crippen molar-refractivity contribution in [3.05, 3.63) is 47.5 Å². The average molecular weight is 411 g/mol. The highest BCUT2D eigenvalue weighted by Crippen LogP contribution is 2.23. The Balaban J connectivity index is 1.71. The van der Waals surface area contributed by atoms with E-state index in [1.54, 1.807) is 18.7 Å². The van der Waals surface area contributed by atoms with E-state index >= 15 is 0 Å². The van der Waals surface area contributed by atoms with Gasteiger partial charge in [0, 0.05) is 29.2 Å². The van der Waals surface area contributed by atoms with Crippen LogP contribution in [-0.4, -0.2) is 56.8 Å². The number of carbonyl (C=O) groups is 1. The Labute approximate surface area is 183 Å². The Bertz CT molecular complexity index is 1300. The summed E-state index contributed by atoms with van der Waals surface area (Å²) in [5.41, 5.74) is 7.09. The van der Waals surface area contributed by atoms with Gasteiger partial charge in [-0.2, -0.15) is 0 Å². The van der Waals surface area contributed by atoms with Gasteiger partial charge >= 0.3 is 0 Å². The fraction of sp³-hybridized carbons (Fsp3) is 0.0526. The van der Waals surface area contributed by atoms with Crippen LogP contribution in [0.1, 0.15) is 10.4 Å². The van der Waals surface area contributed by atoms with Crippen LogP contribution in [0.25, 0.3) is 22.2 Å². The molecular weight excluding hydrogens is 393 g/mol. The van der Waals surface area contributed by atoms with Crippen molar-refractivity contribution < 1.29 is 4.79 Å². The number of nitrogens with one attached hydrogen (secondary N) is 1. The van der Waals surface area contributed by atoms with E-state index in [1.165, 1.54) is 0 Å². The average Bonchev–Trinajstić information content (AvgIpc) is 3.16. The molecule has 11 heteroatoms. The number of benzene rings is 2. The highest BCUT2D eigenvalue weighted by Gasteiger charge is 2.19. The second kappa shape index (κ2) is 7.69. The minimum absolute atomic E-state index is 0.237. The first-order valence-corrected chi connectivity index (χ1v) is 9.96. The van der Waals surface area contributed by atoms with E-state index in [9.17, 15) is 4.79 Å². The van der Waals surface area contributed by atoms with Crippen molar-refractivity contribution in [2.45, 2.75) is 0 Å². The van der Waals surface area contributed by atoms with Gasteiger partial charge in [-0.25, -0.2) is 15.0 Å². The second-order valence-electron chi connectivity index (χ2n) is 7.50.